The molecular formula is C21H22ClFN4O. The van der Waals surface area contributed by atoms with Crippen molar-refractivity contribution in [1.29, 1.82) is 0 Å². The predicted molar refractivity (Wildman–Crippen MR) is 105 cm³/mol. The van der Waals surface area contributed by atoms with Gasteiger partial charge in [0.25, 0.3) is 0 Å². The summed E-state index contributed by atoms with van der Waals surface area (Å²) >= 11 is 5.85. The zero-order chi connectivity index (χ0) is 19.3. The molecule has 0 radical (unpaired) electrons. The number of aromatic nitrogens is 2. The molecule has 0 N–H and O–H groups in total. The number of carbonyl (C=O) groups excluding carboxylic acids is 1. The Bertz CT molecular complexity index is 888. The van der Waals surface area contributed by atoms with Gasteiger partial charge in [0.1, 0.15) is 5.82 Å². The van der Waals surface area contributed by atoms with E-state index in [0.717, 1.165) is 42.6 Å². The van der Waals surface area contributed by atoms with Crippen LogP contribution in [0.3, 0.4) is 0 Å². The summed E-state index contributed by atoms with van der Waals surface area (Å²) in [6.07, 6.45) is 4.45. The van der Waals surface area contributed by atoms with E-state index >= 15 is 0 Å². The van der Waals surface area contributed by atoms with Crippen LogP contribution in [0, 0.1) is 5.82 Å². The molecule has 2 saturated heterocycles. The van der Waals surface area contributed by atoms with Gasteiger partial charge in [0, 0.05) is 25.2 Å². The minimum atomic E-state index is -0.168. The maximum atomic E-state index is 14.3. The van der Waals surface area contributed by atoms with Gasteiger partial charge in [0.15, 0.2) is 11.0 Å². The van der Waals surface area contributed by atoms with Gasteiger partial charge >= 0.3 is 0 Å². The molecule has 2 aromatic rings. The summed E-state index contributed by atoms with van der Waals surface area (Å²) in [4.78, 5) is 17.1. The number of nitrogens with zero attached hydrogens (tertiary/aromatic N) is 4. The van der Waals surface area contributed by atoms with E-state index in [1.165, 1.54) is 0 Å². The van der Waals surface area contributed by atoms with Gasteiger partial charge in [-0.3, -0.25) is 4.79 Å². The van der Waals surface area contributed by atoms with Gasteiger partial charge in [0.05, 0.1) is 6.42 Å². The van der Waals surface area contributed by atoms with Gasteiger partial charge in [-0.25, -0.2) is 4.39 Å². The molecule has 146 valence electrons. The Labute approximate surface area is 168 Å². The summed E-state index contributed by atoms with van der Waals surface area (Å²) in [5.74, 6) is 1.10. The Morgan fingerprint density at radius 3 is 2.43 bits per heavy atom. The molecule has 3 aliphatic rings. The van der Waals surface area contributed by atoms with E-state index in [2.05, 4.69) is 15.1 Å². The molecule has 5 nitrogen and oxygen atoms in total. The van der Waals surface area contributed by atoms with Crippen LogP contribution < -0.4 is 4.90 Å². The fourth-order valence-electron chi connectivity index (χ4n) is 4.62. The van der Waals surface area contributed by atoms with E-state index in [1.807, 2.05) is 23.1 Å². The minimum Gasteiger partial charge on any atom is -0.346 e. The zero-order valence-electron chi connectivity index (χ0n) is 15.5. The molecular weight excluding hydrogens is 379 g/mol. The van der Waals surface area contributed by atoms with Crippen molar-refractivity contribution in [3.05, 3.63) is 52.4 Å². The molecule has 1 aromatic carbocycles. The van der Waals surface area contributed by atoms with Crippen molar-refractivity contribution in [2.75, 3.05) is 18.0 Å². The Hall–Kier alpha value is -2.21. The Morgan fingerprint density at radius 1 is 1.07 bits per heavy atom. The lowest BCUT2D eigenvalue weighted by Gasteiger charge is -2.41. The average Bonchev–Trinajstić information content (AvgIpc) is 3.48. The number of benzene rings is 1. The normalized spacial score (nSPS) is 23.9. The molecule has 2 unspecified atom stereocenters. The summed E-state index contributed by atoms with van der Waals surface area (Å²) < 4.78 is 14.3. The summed E-state index contributed by atoms with van der Waals surface area (Å²) in [5.41, 5.74) is 1.55. The van der Waals surface area contributed by atoms with Gasteiger partial charge in [-0.15, -0.1) is 10.2 Å². The molecule has 2 bridgehead atoms. The van der Waals surface area contributed by atoms with E-state index < -0.39 is 0 Å². The smallest absolute Gasteiger partial charge is 0.227 e. The molecule has 5 rings (SSSR count). The van der Waals surface area contributed by atoms with E-state index in [0.29, 0.717) is 24.2 Å². The van der Waals surface area contributed by atoms with Crippen LogP contribution in [-0.2, 0) is 11.2 Å². The van der Waals surface area contributed by atoms with Crippen molar-refractivity contribution >= 4 is 23.3 Å². The van der Waals surface area contributed by atoms with Crippen LogP contribution in [0.1, 0.15) is 42.7 Å². The number of likely N-dealkylation sites (tertiary alicyclic amines) is 1. The van der Waals surface area contributed by atoms with Crippen LogP contribution >= 0.6 is 11.6 Å². The fraction of sp³-hybridized carbons (Fsp3) is 0.476. The van der Waals surface area contributed by atoms with Crippen molar-refractivity contribution in [2.24, 2.45) is 0 Å². The second-order valence-corrected chi connectivity index (χ2v) is 8.50. The largest absolute Gasteiger partial charge is 0.346 e. The molecule has 3 heterocycles. The van der Waals surface area contributed by atoms with Gasteiger partial charge in [-0.1, -0.05) is 23.7 Å². The molecule has 28 heavy (non-hydrogen) atoms. The molecule has 1 aromatic heterocycles. The van der Waals surface area contributed by atoms with Crippen LogP contribution in [0.2, 0.25) is 5.15 Å². The maximum Gasteiger partial charge on any atom is 0.227 e. The van der Waals surface area contributed by atoms with Gasteiger partial charge < -0.3 is 9.80 Å². The van der Waals surface area contributed by atoms with Gasteiger partial charge in [-0.2, -0.15) is 0 Å². The highest BCUT2D eigenvalue weighted by molar-refractivity contribution is 6.29. The minimum absolute atomic E-state index is 0.0670. The van der Waals surface area contributed by atoms with Crippen molar-refractivity contribution in [1.82, 2.24) is 15.1 Å². The third-order valence-electron chi connectivity index (χ3n) is 6.15. The third kappa shape index (κ3) is 3.34. The molecule has 2 aliphatic heterocycles. The summed E-state index contributed by atoms with van der Waals surface area (Å²) in [6, 6.07) is 9.43. The number of rotatable bonds is 4. The number of hydrogen-bond donors (Lipinski definition) is 0. The lowest BCUT2D eigenvalue weighted by Crippen LogP contribution is -2.56. The Kier molecular flexibility index (Phi) is 4.46. The molecule has 1 aliphatic carbocycles. The third-order valence-corrected chi connectivity index (χ3v) is 6.36. The lowest BCUT2D eigenvalue weighted by molar-refractivity contribution is -0.131. The number of amides is 1. The van der Waals surface area contributed by atoms with Gasteiger partial charge in [0.2, 0.25) is 5.91 Å². The summed E-state index contributed by atoms with van der Waals surface area (Å²) in [5, 5.41) is 8.55. The van der Waals surface area contributed by atoms with E-state index in [9.17, 15) is 9.18 Å². The highest BCUT2D eigenvalue weighted by Crippen LogP contribution is 2.41. The van der Waals surface area contributed by atoms with E-state index in [4.69, 9.17) is 11.6 Å². The number of anilines is 1. The zero-order valence-corrected chi connectivity index (χ0v) is 16.3. The van der Waals surface area contributed by atoms with Crippen molar-refractivity contribution < 1.29 is 9.18 Å². The molecule has 3 fully saturated rings. The van der Waals surface area contributed by atoms with Crippen molar-refractivity contribution in [3.63, 3.8) is 0 Å². The van der Waals surface area contributed by atoms with Crippen LogP contribution in [0.5, 0.6) is 0 Å². The van der Waals surface area contributed by atoms with Crippen LogP contribution in [-0.4, -0.2) is 46.2 Å². The van der Waals surface area contributed by atoms with Crippen molar-refractivity contribution in [2.45, 2.75) is 50.1 Å². The number of fused-ring (bicyclic) bond motifs is 2. The number of carbonyl (C=O) groups is 1. The fourth-order valence-corrected chi connectivity index (χ4v) is 4.72. The molecule has 1 amide bonds. The first-order valence-electron chi connectivity index (χ1n) is 9.92. The maximum absolute atomic E-state index is 14.3. The summed E-state index contributed by atoms with van der Waals surface area (Å²) in [6.45, 7) is 1.34. The first-order chi connectivity index (χ1) is 13.6. The number of hydrogen-bond acceptors (Lipinski definition) is 4. The first kappa shape index (κ1) is 17.9. The molecule has 2 atom stereocenters. The van der Waals surface area contributed by atoms with Crippen molar-refractivity contribution in [3.8, 4) is 0 Å². The molecule has 0 spiro atoms. The molecule has 1 saturated carbocycles. The van der Waals surface area contributed by atoms with Gasteiger partial charge in [-0.05, 0) is 60.9 Å². The quantitative estimate of drug-likeness (QED) is 0.787. The Morgan fingerprint density at radius 2 is 1.82 bits per heavy atom. The van der Waals surface area contributed by atoms with Crippen LogP contribution in [0.15, 0.2) is 30.3 Å². The highest BCUT2D eigenvalue weighted by atomic mass is 35.5. The topological polar surface area (TPSA) is 49.3 Å². The van der Waals surface area contributed by atoms with E-state index in [1.54, 1.807) is 12.1 Å². The number of halogens is 2. The first-order valence-corrected chi connectivity index (χ1v) is 10.3. The second kappa shape index (κ2) is 6.99. The van der Waals surface area contributed by atoms with Crippen LogP contribution in [0.4, 0.5) is 10.2 Å². The highest BCUT2D eigenvalue weighted by Gasteiger charge is 2.42. The predicted octanol–water partition coefficient (Wildman–Crippen LogP) is 3.57. The standard InChI is InChI=1S/C21H22ClFN4O/c22-19-7-8-20(25-24-19)27-15-4-5-16(27)12-26(11-15)21(28)10-13-1-6-17(14-2-3-14)18(23)9-13/h1,6-9,14-16H,2-5,10-12H2. The lowest BCUT2D eigenvalue weighted by atomic mass is 10.0. The monoisotopic (exact) mass is 400 g/mol. The average molecular weight is 401 g/mol. The SMILES string of the molecule is O=C(Cc1ccc(C2CC2)c(F)c1)N1CC2CCC(C1)N2c1ccc(Cl)nn1. The van der Waals surface area contributed by atoms with Crippen LogP contribution in [0.25, 0.3) is 0 Å². The Balaban J connectivity index is 1.26. The summed E-state index contributed by atoms with van der Waals surface area (Å²) in [7, 11) is 0. The number of piperazine rings is 1. The second-order valence-electron chi connectivity index (χ2n) is 8.11. The van der Waals surface area contributed by atoms with E-state index in [-0.39, 0.29) is 30.2 Å². The molecule has 7 heteroatoms.